The maximum atomic E-state index is 12.1. The van der Waals surface area contributed by atoms with E-state index in [1.165, 1.54) is 17.7 Å². The first-order valence-corrected chi connectivity index (χ1v) is 10.3. The molecule has 3 atom stereocenters. The topological polar surface area (TPSA) is 126 Å². The monoisotopic (exact) mass is 590 g/mol. The van der Waals surface area contributed by atoms with Gasteiger partial charge in [-0.25, -0.2) is 9.59 Å². The van der Waals surface area contributed by atoms with Crippen molar-refractivity contribution in [3.8, 4) is 0 Å². The molecule has 0 radical (unpaired) electrons. The molecule has 1 N–H and O–H groups in total. The molecule has 0 bridgehead atoms. The minimum absolute atomic E-state index is 0.0700. The summed E-state index contributed by atoms with van der Waals surface area (Å²) in [5.41, 5.74) is -0.843. The van der Waals surface area contributed by atoms with E-state index in [0.29, 0.717) is 5.56 Å². The number of H-pyrrole nitrogens is 1. The number of aromatic amines is 1. The van der Waals surface area contributed by atoms with Crippen LogP contribution < -0.4 is 11.2 Å². The van der Waals surface area contributed by atoms with Crippen molar-refractivity contribution < 1.29 is 28.5 Å². The number of ether oxygens (including phenoxy) is 4. The van der Waals surface area contributed by atoms with Gasteiger partial charge in [0.2, 0.25) is 0 Å². The van der Waals surface area contributed by atoms with Gasteiger partial charge in [0.15, 0.2) is 2.14 Å². The van der Waals surface area contributed by atoms with Crippen LogP contribution >= 0.6 is 47.8 Å². The van der Waals surface area contributed by atoms with Gasteiger partial charge in [0, 0.05) is 25.1 Å². The third-order valence-electron chi connectivity index (χ3n) is 3.67. The van der Waals surface area contributed by atoms with E-state index < -0.39 is 44.0 Å². The van der Waals surface area contributed by atoms with E-state index in [2.05, 4.69) is 52.8 Å². The second-order valence-corrected chi connectivity index (χ2v) is 13.2. The van der Waals surface area contributed by atoms with E-state index in [1.54, 1.807) is 6.92 Å². The average Bonchev–Trinajstić information content (AvgIpc) is 2.95. The van der Waals surface area contributed by atoms with Crippen molar-refractivity contribution in [1.82, 2.24) is 9.55 Å². The molecule has 1 aromatic rings. The Balaban J connectivity index is 2.07. The van der Waals surface area contributed by atoms with Crippen LogP contribution in [0, 0.1) is 6.92 Å². The minimum atomic E-state index is -0.951. The van der Waals surface area contributed by atoms with Gasteiger partial charge >= 0.3 is 17.8 Å². The summed E-state index contributed by atoms with van der Waals surface area (Å²) in [7, 11) is 0. The predicted octanol–water partition coefficient (Wildman–Crippen LogP) is 2.06. The number of nitrogens with one attached hydrogen (secondary N) is 1. The van der Waals surface area contributed by atoms with Gasteiger partial charge in [-0.2, -0.15) is 0 Å². The van der Waals surface area contributed by atoms with Gasteiger partial charge < -0.3 is 18.9 Å². The second kappa shape index (κ2) is 9.55. The number of nitrogens with zero attached hydrogens (tertiary/aromatic N) is 1. The number of carbonyl (C=O) groups is 2. The molecule has 13 heteroatoms. The highest BCUT2D eigenvalue weighted by Gasteiger charge is 2.40. The van der Waals surface area contributed by atoms with Crippen LogP contribution in [-0.4, -0.2) is 49.2 Å². The van der Waals surface area contributed by atoms with Gasteiger partial charge in [0.25, 0.3) is 5.56 Å². The smallest absolute Gasteiger partial charge is 0.459 e. The maximum absolute atomic E-state index is 12.1. The summed E-state index contributed by atoms with van der Waals surface area (Å²) < 4.78 is 21.3. The lowest BCUT2D eigenvalue weighted by atomic mass is 10.2. The molecule has 0 aliphatic carbocycles. The number of halogens is 3. The summed E-state index contributed by atoms with van der Waals surface area (Å²) in [4.78, 5) is 48.8. The lowest BCUT2D eigenvalue weighted by molar-refractivity contribution is -0.150. The summed E-state index contributed by atoms with van der Waals surface area (Å²) in [6.07, 6.45) is -1.83. The Labute approximate surface area is 184 Å². The van der Waals surface area contributed by atoms with Crippen LogP contribution in [0.2, 0.25) is 0 Å². The number of rotatable bonds is 5. The largest absolute Gasteiger partial charge is 0.508 e. The number of aromatic nitrogens is 2. The first-order valence-electron chi connectivity index (χ1n) is 7.97. The van der Waals surface area contributed by atoms with Gasteiger partial charge in [0.05, 0.1) is 0 Å². The molecule has 1 aliphatic heterocycles. The van der Waals surface area contributed by atoms with Crippen LogP contribution in [0.3, 0.4) is 0 Å². The van der Waals surface area contributed by atoms with Crippen molar-refractivity contribution in [3.63, 3.8) is 0 Å². The molecular formula is C15H17Br3N2O8. The highest BCUT2D eigenvalue weighted by atomic mass is 80.0. The summed E-state index contributed by atoms with van der Waals surface area (Å²) in [5, 5.41) is 0. The number of hydrogen-bond acceptors (Lipinski definition) is 8. The zero-order valence-corrected chi connectivity index (χ0v) is 19.5. The molecule has 0 unspecified atom stereocenters. The van der Waals surface area contributed by atoms with Crippen molar-refractivity contribution in [1.29, 1.82) is 0 Å². The Bertz CT molecular complexity index is 847. The van der Waals surface area contributed by atoms with E-state index in [4.69, 9.17) is 18.9 Å². The number of esters is 1. The normalized spacial score (nSPS) is 22.0. The fourth-order valence-corrected chi connectivity index (χ4v) is 2.83. The van der Waals surface area contributed by atoms with E-state index in [-0.39, 0.29) is 19.6 Å². The highest BCUT2D eigenvalue weighted by molar-refractivity contribution is 9.39. The van der Waals surface area contributed by atoms with E-state index in [9.17, 15) is 19.2 Å². The van der Waals surface area contributed by atoms with Crippen LogP contribution in [0.1, 0.15) is 25.1 Å². The van der Waals surface area contributed by atoms with Crippen LogP contribution in [-0.2, 0) is 23.7 Å². The molecule has 1 saturated heterocycles. The van der Waals surface area contributed by atoms with Gasteiger partial charge in [-0.1, -0.05) is 47.8 Å². The first kappa shape index (κ1) is 23.1. The van der Waals surface area contributed by atoms with Crippen molar-refractivity contribution in [3.05, 3.63) is 32.6 Å². The van der Waals surface area contributed by atoms with Crippen LogP contribution in [0.15, 0.2) is 15.8 Å². The maximum Gasteiger partial charge on any atom is 0.508 e. The Morgan fingerprint density at radius 2 is 2.00 bits per heavy atom. The predicted molar refractivity (Wildman–Crippen MR) is 107 cm³/mol. The highest BCUT2D eigenvalue weighted by Crippen LogP contribution is 2.34. The Morgan fingerprint density at radius 3 is 2.61 bits per heavy atom. The molecule has 156 valence electrons. The third kappa shape index (κ3) is 6.71. The molecule has 0 spiro atoms. The zero-order chi connectivity index (χ0) is 21.1. The van der Waals surface area contributed by atoms with Gasteiger partial charge in [-0.15, -0.1) is 0 Å². The molecule has 1 fully saturated rings. The van der Waals surface area contributed by atoms with Crippen molar-refractivity contribution >= 4 is 59.9 Å². The number of carbonyl (C=O) groups excluding carboxylic acids is 2. The molecule has 0 aromatic carbocycles. The van der Waals surface area contributed by atoms with Crippen molar-refractivity contribution in [2.24, 2.45) is 0 Å². The van der Waals surface area contributed by atoms with E-state index in [1.807, 2.05) is 0 Å². The standard InChI is InChI=1S/C15H17Br3N2O8/c1-7-4-20(13(23)19-12(7)22)11-3-9(27-8(2)21)10(28-11)5-25-14(24)26-6-15(16,17)18/h4,9-11H,3,5-6H2,1-2H3,(H,19,22,23)/t9-,10+,11+/m0/s1. The molecular weight excluding hydrogens is 576 g/mol. The molecule has 2 rings (SSSR count). The van der Waals surface area contributed by atoms with E-state index in [0.717, 1.165) is 0 Å². The molecule has 28 heavy (non-hydrogen) atoms. The van der Waals surface area contributed by atoms with Crippen molar-refractivity contribution in [2.45, 2.75) is 40.8 Å². The van der Waals surface area contributed by atoms with Gasteiger partial charge in [0.1, 0.15) is 31.6 Å². The minimum Gasteiger partial charge on any atom is -0.459 e. The first-order chi connectivity index (χ1) is 13.0. The number of alkyl halides is 3. The number of hydrogen-bond donors (Lipinski definition) is 1. The van der Waals surface area contributed by atoms with Crippen LogP contribution in [0.4, 0.5) is 4.79 Å². The average molecular weight is 593 g/mol. The summed E-state index contributed by atoms with van der Waals surface area (Å²) >= 11 is 9.52. The summed E-state index contributed by atoms with van der Waals surface area (Å²) in [5.74, 6) is -0.547. The Hall–Kier alpha value is -1.18. The molecule has 0 amide bonds. The lowest BCUT2D eigenvalue weighted by Gasteiger charge is -2.18. The Morgan fingerprint density at radius 1 is 1.32 bits per heavy atom. The third-order valence-corrected chi connectivity index (χ3v) is 4.36. The molecule has 1 aromatic heterocycles. The van der Waals surface area contributed by atoms with Crippen LogP contribution in [0.25, 0.3) is 0 Å². The quantitative estimate of drug-likeness (QED) is 0.407. The molecule has 10 nitrogen and oxygen atoms in total. The zero-order valence-electron chi connectivity index (χ0n) is 14.8. The van der Waals surface area contributed by atoms with Crippen LogP contribution in [0.5, 0.6) is 0 Å². The summed E-state index contributed by atoms with van der Waals surface area (Å²) in [6.45, 7) is 2.45. The Kier molecular flexibility index (Phi) is 7.88. The molecule has 1 aliphatic rings. The van der Waals surface area contributed by atoms with E-state index >= 15 is 0 Å². The van der Waals surface area contributed by atoms with Gasteiger partial charge in [-0.3, -0.25) is 19.1 Å². The number of aryl methyl sites for hydroxylation is 1. The second-order valence-electron chi connectivity index (χ2n) is 5.96. The van der Waals surface area contributed by atoms with Gasteiger partial charge in [-0.05, 0) is 6.92 Å². The summed E-state index contributed by atoms with van der Waals surface area (Å²) in [6, 6.07) is 0. The van der Waals surface area contributed by atoms with Crippen molar-refractivity contribution in [2.75, 3.05) is 13.2 Å². The SMILES string of the molecule is CC(=O)O[C@H]1C[C@H](n2cc(C)c(=O)[nH]c2=O)O[C@@H]1COC(=O)OCC(Br)(Br)Br. The lowest BCUT2D eigenvalue weighted by Crippen LogP contribution is -2.33. The molecule has 0 saturated carbocycles. The fraction of sp³-hybridized carbons (Fsp3) is 0.600. The fourth-order valence-electron chi connectivity index (χ4n) is 2.49. The molecule has 2 heterocycles.